The van der Waals surface area contributed by atoms with Gasteiger partial charge in [-0.3, -0.25) is 4.79 Å². The maximum atomic E-state index is 13.0. The van der Waals surface area contributed by atoms with Crippen molar-refractivity contribution in [3.8, 4) is 5.82 Å². The smallest absolute Gasteiger partial charge is 0.325 e. The summed E-state index contributed by atoms with van der Waals surface area (Å²) in [7, 11) is 0. The Kier molecular flexibility index (Phi) is 6.37. The highest BCUT2D eigenvalue weighted by Gasteiger charge is 2.33. The minimum absolute atomic E-state index is 0.00938. The van der Waals surface area contributed by atoms with E-state index >= 15 is 0 Å². The molecule has 0 aliphatic rings. The SMILES string of the molecule is Cc1cc(C)n(-c2ccc(S[C@H](C)C(=O)Nc3ccc(Cl)c(C(F)(F)F)c3)nn2)n1. The summed E-state index contributed by atoms with van der Waals surface area (Å²) in [5.74, 6) is 0.0720. The van der Waals surface area contributed by atoms with E-state index in [1.807, 2.05) is 19.9 Å². The van der Waals surface area contributed by atoms with E-state index < -0.39 is 27.9 Å². The van der Waals surface area contributed by atoms with Gasteiger partial charge in [-0.2, -0.15) is 18.3 Å². The van der Waals surface area contributed by atoms with E-state index in [4.69, 9.17) is 11.6 Å². The molecular weight excluding hydrogens is 439 g/mol. The van der Waals surface area contributed by atoms with Crippen molar-refractivity contribution in [3.05, 3.63) is 58.4 Å². The molecule has 0 unspecified atom stereocenters. The molecule has 0 spiro atoms. The molecule has 3 aromatic rings. The monoisotopic (exact) mass is 455 g/mol. The topological polar surface area (TPSA) is 72.7 Å². The lowest BCUT2D eigenvalue weighted by Gasteiger charge is -2.14. The molecular formula is C19H17ClF3N5OS. The number of carbonyl (C=O) groups excluding carboxylic acids is 1. The van der Waals surface area contributed by atoms with Gasteiger partial charge in [-0.15, -0.1) is 10.2 Å². The van der Waals surface area contributed by atoms with Gasteiger partial charge in [0.2, 0.25) is 5.91 Å². The molecule has 1 amide bonds. The summed E-state index contributed by atoms with van der Waals surface area (Å²) in [6, 6.07) is 8.57. The number of anilines is 1. The first-order valence-electron chi connectivity index (χ1n) is 8.76. The first-order chi connectivity index (χ1) is 14.0. The summed E-state index contributed by atoms with van der Waals surface area (Å²) < 4.78 is 40.6. The Balaban J connectivity index is 1.67. The highest BCUT2D eigenvalue weighted by molar-refractivity contribution is 8.00. The van der Waals surface area contributed by atoms with Crippen LogP contribution in [0.25, 0.3) is 5.82 Å². The van der Waals surface area contributed by atoms with E-state index in [0.717, 1.165) is 35.3 Å². The molecule has 3 rings (SSSR count). The van der Waals surface area contributed by atoms with Crippen LogP contribution in [-0.4, -0.2) is 31.1 Å². The zero-order chi connectivity index (χ0) is 22.1. The van der Waals surface area contributed by atoms with Crippen LogP contribution >= 0.6 is 23.4 Å². The number of nitrogens with zero attached hydrogens (tertiary/aromatic N) is 4. The van der Waals surface area contributed by atoms with Gasteiger partial charge in [-0.1, -0.05) is 23.4 Å². The van der Waals surface area contributed by atoms with Crippen LogP contribution in [0.2, 0.25) is 5.02 Å². The van der Waals surface area contributed by atoms with Crippen LogP contribution in [0.3, 0.4) is 0 Å². The van der Waals surface area contributed by atoms with E-state index in [1.165, 1.54) is 6.07 Å². The summed E-state index contributed by atoms with van der Waals surface area (Å²) in [5.41, 5.74) is 0.771. The number of aromatic nitrogens is 4. The van der Waals surface area contributed by atoms with Crippen molar-refractivity contribution in [2.24, 2.45) is 0 Å². The average Bonchev–Trinajstić information content (AvgIpc) is 3.01. The third-order valence-electron chi connectivity index (χ3n) is 4.06. The molecule has 6 nitrogen and oxygen atoms in total. The summed E-state index contributed by atoms with van der Waals surface area (Å²) in [6.45, 7) is 5.40. The minimum atomic E-state index is -4.61. The van der Waals surface area contributed by atoms with Crippen LogP contribution in [0, 0.1) is 13.8 Å². The van der Waals surface area contributed by atoms with Crippen LogP contribution in [0.15, 0.2) is 41.4 Å². The molecule has 2 heterocycles. The van der Waals surface area contributed by atoms with Gasteiger partial charge in [0.1, 0.15) is 5.03 Å². The fourth-order valence-corrected chi connectivity index (χ4v) is 3.64. The minimum Gasteiger partial charge on any atom is -0.325 e. The van der Waals surface area contributed by atoms with Gasteiger partial charge in [-0.25, -0.2) is 4.68 Å². The molecule has 11 heteroatoms. The molecule has 0 fully saturated rings. The molecule has 0 saturated carbocycles. The number of alkyl halides is 3. The van der Waals surface area contributed by atoms with Gasteiger partial charge in [0, 0.05) is 11.4 Å². The van der Waals surface area contributed by atoms with Gasteiger partial charge >= 0.3 is 6.18 Å². The molecule has 1 atom stereocenters. The Bertz CT molecular complexity index is 1070. The second-order valence-electron chi connectivity index (χ2n) is 6.51. The number of amides is 1. The molecule has 158 valence electrons. The quantitative estimate of drug-likeness (QED) is 0.544. The maximum absolute atomic E-state index is 13.0. The van der Waals surface area contributed by atoms with Crippen LogP contribution in [-0.2, 0) is 11.0 Å². The number of hydrogen-bond donors (Lipinski definition) is 1. The van der Waals surface area contributed by atoms with Gasteiger partial charge in [0.15, 0.2) is 5.82 Å². The third-order valence-corrected chi connectivity index (χ3v) is 5.42. The first-order valence-corrected chi connectivity index (χ1v) is 10.0. The number of benzene rings is 1. The highest BCUT2D eigenvalue weighted by atomic mass is 35.5. The predicted molar refractivity (Wildman–Crippen MR) is 109 cm³/mol. The molecule has 1 aromatic carbocycles. The van der Waals surface area contributed by atoms with E-state index in [9.17, 15) is 18.0 Å². The van der Waals surface area contributed by atoms with Gasteiger partial charge in [0.25, 0.3) is 0 Å². The maximum Gasteiger partial charge on any atom is 0.417 e. The lowest BCUT2D eigenvalue weighted by molar-refractivity contribution is -0.137. The molecule has 0 bridgehead atoms. The van der Waals surface area contributed by atoms with Crippen molar-refractivity contribution in [2.75, 3.05) is 5.32 Å². The number of hydrogen-bond acceptors (Lipinski definition) is 5. The summed E-state index contributed by atoms with van der Waals surface area (Å²) >= 11 is 6.73. The predicted octanol–water partition coefficient (Wildman–Crippen LogP) is 5.07. The third kappa shape index (κ3) is 5.11. The lowest BCUT2D eigenvalue weighted by Crippen LogP contribution is -2.23. The molecule has 30 heavy (non-hydrogen) atoms. The van der Waals surface area contributed by atoms with Crippen molar-refractivity contribution >= 4 is 35.0 Å². The van der Waals surface area contributed by atoms with Crippen molar-refractivity contribution in [3.63, 3.8) is 0 Å². The Morgan fingerprint density at radius 2 is 1.90 bits per heavy atom. The standard InChI is InChI=1S/C19H17ClF3N5OS/c1-10-8-11(2)28(27-10)16-6-7-17(26-25-16)30-12(3)18(29)24-13-4-5-15(20)14(9-13)19(21,22)23/h4-9,12H,1-3H3,(H,24,29)/t12-/m1/s1. The molecule has 0 saturated heterocycles. The number of nitrogens with one attached hydrogen (secondary N) is 1. The zero-order valence-electron chi connectivity index (χ0n) is 16.2. The summed E-state index contributed by atoms with van der Waals surface area (Å²) in [4.78, 5) is 12.4. The fraction of sp³-hybridized carbons (Fsp3) is 0.263. The van der Waals surface area contributed by atoms with E-state index in [1.54, 1.807) is 23.7 Å². The number of thioether (sulfide) groups is 1. The van der Waals surface area contributed by atoms with Crippen LogP contribution in [0.1, 0.15) is 23.9 Å². The molecule has 0 aliphatic heterocycles. The number of rotatable bonds is 5. The number of carbonyl (C=O) groups is 1. The number of aryl methyl sites for hydroxylation is 2. The molecule has 1 N–H and O–H groups in total. The lowest BCUT2D eigenvalue weighted by atomic mass is 10.2. The second-order valence-corrected chi connectivity index (χ2v) is 8.28. The Hall–Kier alpha value is -2.59. The Labute approximate surface area is 179 Å². The second kappa shape index (κ2) is 8.65. The van der Waals surface area contributed by atoms with Crippen molar-refractivity contribution < 1.29 is 18.0 Å². The van der Waals surface area contributed by atoms with Crippen molar-refractivity contribution in [1.29, 1.82) is 0 Å². The Morgan fingerprint density at radius 3 is 2.47 bits per heavy atom. The van der Waals surface area contributed by atoms with Crippen LogP contribution < -0.4 is 5.32 Å². The van der Waals surface area contributed by atoms with Gasteiger partial charge in [0.05, 0.1) is 21.5 Å². The van der Waals surface area contributed by atoms with E-state index in [2.05, 4.69) is 20.6 Å². The molecule has 0 radical (unpaired) electrons. The molecule has 0 aliphatic carbocycles. The summed E-state index contributed by atoms with van der Waals surface area (Å²) in [5, 5.41) is 14.5. The van der Waals surface area contributed by atoms with Crippen LogP contribution in [0.5, 0.6) is 0 Å². The van der Waals surface area contributed by atoms with Crippen LogP contribution in [0.4, 0.5) is 18.9 Å². The van der Waals surface area contributed by atoms with Gasteiger partial charge < -0.3 is 5.32 Å². The van der Waals surface area contributed by atoms with Crippen molar-refractivity contribution in [1.82, 2.24) is 20.0 Å². The van der Waals surface area contributed by atoms with Gasteiger partial charge in [-0.05, 0) is 57.2 Å². The summed E-state index contributed by atoms with van der Waals surface area (Å²) in [6.07, 6.45) is -4.61. The van der Waals surface area contributed by atoms with E-state index in [0.29, 0.717) is 10.8 Å². The zero-order valence-corrected chi connectivity index (χ0v) is 17.7. The van der Waals surface area contributed by atoms with Crippen molar-refractivity contribution in [2.45, 2.75) is 37.2 Å². The fourth-order valence-electron chi connectivity index (χ4n) is 2.65. The largest absolute Gasteiger partial charge is 0.417 e. The average molecular weight is 456 g/mol. The Morgan fingerprint density at radius 1 is 1.17 bits per heavy atom. The highest BCUT2D eigenvalue weighted by Crippen LogP contribution is 2.36. The van der Waals surface area contributed by atoms with E-state index in [-0.39, 0.29) is 5.69 Å². The molecule has 2 aromatic heterocycles. The number of halogens is 4. The first kappa shape index (κ1) is 22.1. The normalized spacial score (nSPS) is 12.6.